The Kier molecular flexibility index (Phi) is 5.05. The average molecular weight is 347 g/mol. The molecule has 0 bridgehead atoms. The van der Waals surface area contributed by atoms with Crippen LogP contribution >= 0.6 is 23.2 Å². The zero-order chi connectivity index (χ0) is 15.5. The zero-order valence-electron chi connectivity index (χ0n) is 11.0. The van der Waals surface area contributed by atoms with Crippen LogP contribution in [0.1, 0.15) is 5.56 Å². The summed E-state index contributed by atoms with van der Waals surface area (Å²) in [6.45, 7) is 0.123. The molecule has 21 heavy (non-hydrogen) atoms. The molecule has 0 fully saturated rings. The van der Waals surface area contributed by atoms with E-state index in [4.69, 9.17) is 27.9 Å². The van der Waals surface area contributed by atoms with Gasteiger partial charge in [0.1, 0.15) is 4.90 Å². The number of benzene rings is 1. The van der Waals surface area contributed by atoms with Crippen LogP contribution < -0.4 is 9.46 Å². The number of hydrogen-bond acceptors (Lipinski definition) is 4. The molecule has 0 saturated heterocycles. The number of rotatable bonds is 5. The fraction of sp³-hybridized carbons (Fsp3) is 0.154. The Morgan fingerprint density at radius 2 is 1.90 bits per heavy atom. The molecule has 0 aliphatic carbocycles. The summed E-state index contributed by atoms with van der Waals surface area (Å²) in [6.07, 6.45) is 3.17. The van der Waals surface area contributed by atoms with Gasteiger partial charge in [-0.3, -0.25) is 4.98 Å². The molecule has 0 radical (unpaired) electrons. The van der Waals surface area contributed by atoms with Crippen molar-refractivity contribution in [3.05, 3.63) is 52.3 Å². The lowest BCUT2D eigenvalue weighted by Gasteiger charge is -2.12. The van der Waals surface area contributed by atoms with E-state index in [2.05, 4.69) is 9.71 Å². The molecule has 0 spiro atoms. The van der Waals surface area contributed by atoms with Crippen LogP contribution in [0.2, 0.25) is 10.0 Å². The van der Waals surface area contributed by atoms with Crippen molar-refractivity contribution < 1.29 is 13.2 Å². The number of nitrogens with one attached hydrogen (secondary N) is 1. The number of sulfonamides is 1. The summed E-state index contributed by atoms with van der Waals surface area (Å²) in [5.41, 5.74) is 0.778. The Hall–Kier alpha value is -1.34. The third kappa shape index (κ3) is 3.85. The van der Waals surface area contributed by atoms with E-state index in [0.29, 0.717) is 0 Å². The van der Waals surface area contributed by atoms with Crippen LogP contribution in [0.5, 0.6) is 5.75 Å². The van der Waals surface area contributed by atoms with E-state index in [1.165, 1.54) is 19.2 Å². The molecule has 0 atom stereocenters. The molecule has 0 aliphatic heterocycles. The average Bonchev–Trinajstić information content (AvgIpc) is 2.46. The highest BCUT2D eigenvalue weighted by Crippen LogP contribution is 2.35. The number of hydrogen-bond donors (Lipinski definition) is 1. The Labute approximate surface area is 132 Å². The van der Waals surface area contributed by atoms with Gasteiger partial charge in [-0.15, -0.1) is 0 Å². The fourth-order valence-corrected chi connectivity index (χ4v) is 3.61. The maximum atomic E-state index is 12.4. The lowest BCUT2D eigenvalue weighted by atomic mass is 10.3. The van der Waals surface area contributed by atoms with Crippen LogP contribution in [0.15, 0.2) is 41.6 Å². The molecule has 8 heteroatoms. The minimum atomic E-state index is -3.81. The van der Waals surface area contributed by atoms with Crippen molar-refractivity contribution in [3.8, 4) is 5.75 Å². The predicted molar refractivity (Wildman–Crippen MR) is 81.3 cm³/mol. The van der Waals surface area contributed by atoms with Crippen molar-refractivity contribution in [1.82, 2.24) is 9.71 Å². The van der Waals surface area contributed by atoms with E-state index < -0.39 is 10.0 Å². The smallest absolute Gasteiger partial charge is 0.244 e. The summed E-state index contributed by atoms with van der Waals surface area (Å²) < 4.78 is 32.2. The topological polar surface area (TPSA) is 68.3 Å². The van der Waals surface area contributed by atoms with E-state index in [1.54, 1.807) is 24.5 Å². The number of ether oxygens (including phenoxy) is 1. The minimum absolute atomic E-state index is 0.0586. The molecule has 0 saturated carbocycles. The molecule has 112 valence electrons. The van der Waals surface area contributed by atoms with Gasteiger partial charge in [0.15, 0.2) is 5.75 Å². The van der Waals surface area contributed by atoms with Crippen molar-refractivity contribution in [2.45, 2.75) is 11.4 Å². The Morgan fingerprint density at radius 1 is 1.24 bits per heavy atom. The fourth-order valence-electron chi connectivity index (χ4n) is 1.69. The first kappa shape index (κ1) is 16.0. The Bertz CT molecular complexity index is 737. The molecule has 0 aliphatic rings. The van der Waals surface area contributed by atoms with Gasteiger partial charge in [0, 0.05) is 24.0 Å². The second kappa shape index (κ2) is 6.62. The van der Waals surface area contributed by atoms with Crippen molar-refractivity contribution in [2.75, 3.05) is 7.11 Å². The van der Waals surface area contributed by atoms with Crippen LogP contribution in [0.3, 0.4) is 0 Å². The van der Waals surface area contributed by atoms with Gasteiger partial charge in [-0.05, 0) is 29.8 Å². The monoisotopic (exact) mass is 346 g/mol. The number of aromatic nitrogens is 1. The van der Waals surface area contributed by atoms with Gasteiger partial charge < -0.3 is 4.74 Å². The predicted octanol–water partition coefficient (Wildman–Crippen LogP) is 2.88. The van der Waals surface area contributed by atoms with Crippen molar-refractivity contribution in [2.24, 2.45) is 0 Å². The van der Waals surface area contributed by atoms with Gasteiger partial charge in [-0.1, -0.05) is 23.2 Å². The first-order valence-electron chi connectivity index (χ1n) is 5.85. The highest BCUT2D eigenvalue weighted by Gasteiger charge is 2.22. The summed E-state index contributed by atoms with van der Waals surface area (Å²) >= 11 is 11.8. The largest absolute Gasteiger partial charge is 0.494 e. The van der Waals surface area contributed by atoms with Crippen LogP contribution in [0, 0.1) is 0 Å². The molecule has 5 nitrogen and oxygen atoms in total. The van der Waals surface area contributed by atoms with Crippen LogP contribution in [-0.4, -0.2) is 20.5 Å². The molecule has 2 aromatic rings. The van der Waals surface area contributed by atoms with Crippen LogP contribution in [0.25, 0.3) is 0 Å². The summed E-state index contributed by atoms with van der Waals surface area (Å²) in [4.78, 5) is 3.77. The molecular weight excluding hydrogens is 335 g/mol. The second-order valence-corrected chi connectivity index (χ2v) is 6.68. The van der Waals surface area contributed by atoms with E-state index in [-0.39, 0.29) is 27.2 Å². The molecule has 0 unspecified atom stereocenters. The number of methoxy groups -OCH3 is 1. The van der Waals surface area contributed by atoms with Gasteiger partial charge in [-0.2, -0.15) is 0 Å². The third-order valence-corrected chi connectivity index (χ3v) is 4.59. The summed E-state index contributed by atoms with van der Waals surface area (Å²) in [6, 6.07) is 6.14. The van der Waals surface area contributed by atoms with Crippen LogP contribution in [-0.2, 0) is 16.6 Å². The van der Waals surface area contributed by atoms with Gasteiger partial charge >= 0.3 is 0 Å². The molecule has 1 aromatic heterocycles. The summed E-state index contributed by atoms with van der Waals surface area (Å²) in [5, 5.41) is 0.347. The molecule has 0 amide bonds. The number of nitrogens with zero attached hydrogens (tertiary/aromatic N) is 1. The van der Waals surface area contributed by atoms with E-state index in [1.807, 2.05) is 0 Å². The van der Waals surface area contributed by atoms with Crippen LogP contribution in [0.4, 0.5) is 0 Å². The number of pyridine rings is 1. The summed E-state index contributed by atoms with van der Waals surface area (Å²) in [5.74, 6) is 0.0586. The second-order valence-electron chi connectivity index (χ2n) is 4.10. The van der Waals surface area contributed by atoms with Crippen molar-refractivity contribution >= 4 is 33.2 Å². The third-order valence-electron chi connectivity index (χ3n) is 2.68. The van der Waals surface area contributed by atoms with E-state index in [0.717, 1.165) is 5.56 Å². The maximum Gasteiger partial charge on any atom is 0.244 e. The molecule has 2 rings (SSSR count). The standard InChI is InChI=1S/C13H12Cl2N2O3S/c1-20-13-11(15)6-10(14)7-12(13)21(18,19)17-8-9-2-4-16-5-3-9/h2-7,17H,8H2,1H3. The summed E-state index contributed by atoms with van der Waals surface area (Å²) in [7, 11) is -2.47. The molecule has 1 N–H and O–H groups in total. The maximum absolute atomic E-state index is 12.4. The lowest BCUT2D eigenvalue weighted by Crippen LogP contribution is -2.23. The van der Waals surface area contributed by atoms with Crippen molar-refractivity contribution in [1.29, 1.82) is 0 Å². The van der Waals surface area contributed by atoms with E-state index >= 15 is 0 Å². The first-order chi connectivity index (χ1) is 9.94. The van der Waals surface area contributed by atoms with Gasteiger partial charge in [0.2, 0.25) is 10.0 Å². The molecule has 1 aromatic carbocycles. The van der Waals surface area contributed by atoms with E-state index in [9.17, 15) is 8.42 Å². The Balaban J connectivity index is 2.32. The molecule has 1 heterocycles. The highest BCUT2D eigenvalue weighted by molar-refractivity contribution is 7.89. The van der Waals surface area contributed by atoms with Gasteiger partial charge in [-0.25, -0.2) is 13.1 Å². The SMILES string of the molecule is COc1c(Cl)cc(Cl)cc1S(=O)(=O)NCc1ccncc1. The van der Waals surface area contributed by atoms with Gasteiger partial charge in [0.25, 0.3) is 0 Å². The lowest BCUT2D eigenvalue weighted by molar-refractivity contribution is 0.402. The Morgan fingerprint density at radius 3 is 2.52 bits per heavy atom. The number of halogens is 2. The van der Waals surface area contributed by atoms with Gasteiger partial charge in [0.05, 0.1) is 12.1 Å². The highest BCUT2D eigenvalue weighted by atomic mass is 35.5. The quantitative estimate of drug-likeness (QED) is 0.903. The molecular formula is C13H12Cl2N2O3S. The zero-order valence-corrected chi connectivity index (χ0v) is 13.3. The normalized spacial score (nSPS) is 11.4. The van der Waals surface area contributed by atoms with Crippen molar-refractivity contribution in [3.63, 3.8) is 0 Å². The minimum Gasteiger partial charge on any atom is -0.494 e. The first-order valence-corrected chi connectivity index (χ1v) is 8.09.